The number of pyridine rings is 1. The fourth-order valence-electron chi connectivity index (χ4n) is 2.59. The molecule has 0 atom stereocenters. The summed E-state index contributed by atoms with van der Waals surface area (Å²) in [6, 6.07) is 1.88. The van der Waals surface area contributed by atoms with Crippen molar-refractivity contribution in [2.45, 2.75) is 33.4 Å². The van der Waals surface area contributed by atoms with Crippen molar-refractivity contribution in [2.75, 3.05) is 13.6 Å². The molecule has 2 N–H and O–H groups in total. The van der Waals surface area contributed by atoms with Crippen LogP contribution in [0.1, 0.15) is 30.7 Å². The summed E-state index contributed by atoms with van der Waals surface area (Å²) in [5, 5.41) is 0. The van der Waals surface area contributed by atoms with E-state index in [1.807, 2.05) is 10.6 Å². The van der Waals surface area contributed by atoms with Gasteiger partial charge in [0.1, 0.15) is 4.99 Å². The molecule has 0 spiro atoms. The lowest BCUT2D eigenvalue weighted by Gasteiger charge is -2.28. The molecule has 1 aromatic rings. The first-order chi connectivity index (χ1) is 8.90. The van der Waals surface area contributed by atoms with Gasteiger partial charge in [-0.05, 0) is 24.6 Å². The molecule has 1 aliphatic rings. The summed E-state index contributed by atoms with van der Waals surface area (Å²) in [5.41, 5.74) is 8.45. The Balaban J connectivity index is 2.62. The van der Waals surface area contributed by atoms with E-state index in [0.29, 0.717) is 11.5 Å². The van der Waals surface area contributed by atoms with Gasteiger partial charge in [-0.15, -0.1) is 0 Å². The Bertz CT molecular complexity index is 563. The second kappa shape index (κ2) is 5.43. The van der Waals surface area contributed by atoms with Gasteiger partial charge in [-0.25, -0.2) is 0 Å². The minimum absolute atomic E-state index is 0.0375. The van der Waals surface area contributed by atoms with Crippen LogP contribution in [-0.2, 0) is 19.5 Å². The average molecular weight is 279 g/mol. The zero-order valence-corrected chi connectivity index (χ0v) is 12.6. The summed E-state index contributed by atoms with van der Waals surface area (Å²) in [6.07, 6.45) is 0.908. The number of hydrogen-bond acceptors (Lipinski definition) is 3. The highest BCUT2D eigenvalue weighted by atomic mass is 32.1. The van der Waals surface area contributed by atoms with Gasteiger partial charge in [0.25, 0.3) is 5.56 Å². The number of nitrogens with zero attached hydrogens (tertiary/aromatic N) is 2. The van der Waals surface area contributed by atoms with Gasteiger partial charge in [0.2, 0.25) is 0 Å². The summed E-state index contributed by atoms with van der Waals surface area (Å²) in [5.74, 6) is 0.419. The second-order valence-electron chi connectivity index (χ2n) is 5.69. The van der Waals surface area contributed by atoms with E-state index in [1.54, 1.807) is 0 Å². The van der Waals surface area contributed by atoms with E-state index in [0.717, 1.165) is 31.7 Å². The van der Waals surface area contributed by atoms with Crippen molar-refractivity contribution in [1.29, 1.82) is 0 Å². The van der Waals surface area contributed by atoms with Gasteiger partial charge >= 0.3 is 0 Å². The average Bonchev–Trinajstić information content (AvgIpc) is 2.31. The first kappa shape index (κ1) is 14.2. The van der Waals surface area contributed by atoms with E-state index in [1.165, 1.54) is 5.56 Å². The van der Waals surface area contributed by atoms with Gasteiger partial charge in [0.15, 0.2) is 0 Å². The Hall–Kier alpha value is -1.20. The summed E-state index contributed by atoms with van der Waals surface area (Å²) < 4.78 is 1.88. The minimum Gasteiger partial charge on any atom is -0.389 e. The van der Waals surface area contributed by atoms with Crippen molar-refractivity contribution < 1.29 is 0 Å². The Kier molecular flexibility index (Phi) is 4.06. The molecule has 0 saturated heterocycles. The predicted octanol–water partition coefficient (Wildman–Crippen LogP) is 1.13. The number of likely N-dealkylation sites (N-methyl/N-ethyl adjacent to an activating group) is 1. The molecule has 1 aromatic heterocycles. The number of nitrogens with two attached hydrogens (primary N) is 1. The lowest BCUT2D eigenvalue weighted by atomic mass is 10.0. The van der Waals surface area contributed by atoms with Crippen LogP contribution < -0.4 is 11.3 Å². The van der Waals surface area contributed by atoms with Crippen LogP contribution in [-0.4, -0.2) is 28.0 Å². The normalized spacial score (nSPS) is 15.6. The summed E-state index contributed by atoms with van der Waals surface area (Å²) in [6.45, 7) is 6.78. The fraction of sp³-hybridized carbons (Fsp3) is 0.571. The maximum absolute atomic E-state index is 12.5. The zero-order chi connectivity index (χ0) is 14.2. The minimum atomic E-state index is -0.0375. The highest BCUT2D eigenvalue weighted by Crippen LogP contribution is 2.18. The monoisotopic (exact) mass is 279 g/mol. The van der Waals surface area contributed by atoms with Crippen molar-refractivity contribution >= 4 is 17.2 Å². The number of aromatic nitrogens is 1. The molecule has 4 nitrogen and oxygen atoms in total. The highest BCUT2D eigenvalue weighted by Gasteiger charge is 2.21. The van der Waals surface area contributed by atoms with E-state index in [-0.39, 0.29) is 10.5 Å². The molecule has 5 heteroatoms. The third-order valence-electron chi connectivity index (χ3n) is 3.47. The third kappa shape index (κ3) is 2.87. The number of thiocarbonyl (C=S) groups is 1. The molecule has 19 heavy (non-hydrogen) atoms. The topological polar surface area (TPSA) is 51.3 Å². The van der Waals surface area contributed by atoms with Crippen LogP contribution in [0.5, 0.6) is 0 Å². The van der Waals surface area contributed by atoms with Gasteiger partial charge < -0.3 is 15.2 Å². The van der Waals surface area contributed by atoms with Crippen molar-refractivity contribution in [2.24, 2.45) is 11.7 Å². The van der Waals surface area contributed by atoms with Crippen LogP contribution in [0.15, 0.2) is 10.9 Å². The molecule has 0 radical (unpaired) electrons. The number of rotatable bonds is 3. The van der Waals surface area contributed by atoms with Gasteiger partial charge in [-0.1, -0.05) is 26.1 Å². The smallest absolute Gasteiger partial charge is 0.261 e. The molecular formula is C14H21N3OS. The lowest BCUT2D eigenvalue weighted by molar-refractivity contribution is 0.301. The van der Waals surface area contributed by atoms with Crippen molar-refractivity contribution in [1.82, 2.24) is 9.47 Å². The molecule has 104 valence electrons. The largest absolute Gasteiger partial charge is 0.389 e. The van der Waals surface area contributed by atoms with Crippen molar-refractivity contribution in [3.63, 3.8) is 0 Å². The van der Waals surface area contributed by atoms with Crippen molar-refractivity contribution in [3.8, 4) is 0 Å². The van der Waals surface area contributed by atoms with Gasteiger partial charge in [-0.2, -0.15) is 0 Å². The molecule has 2 rings (SSSR count). The van der Waals surface area contributed by atoms with Crippen molar-refractivity contribution in [3.05, 3.63) is 33.2 Å². The Morgan fingerprint density at radius 3 is 2.79 bits per heavy atom. The maximum atomic E-state index is 12.5. The summed E-state index contributed by atoms with van der Waals surface area (Å²) >= 11 is 5.01. The number of hydrogen-bond donors (Lipinski definition) is 1. The van der Waals surface area contributed by atoms with Gasteiger partial charge in [0, 0.05) is 31.7 Å². The summed E-state index contributed by atoms with van der Waals surface area (Å²) in [7, 11) is 2.08. The first-order valence-electron chi connectivity index (χ1n) is 6.64. The molecule has 0 aromatic carbocycles. The maximum Gasteiger partial charge on any atom is 0.261 e. The second-order valence-corrected chi connectivity index (χ2v) is 6.13. The van der Waals surface area contributed by atoms with Crippen LogP contribution >= 0.6 is 12.2 Å². The number of fused-ring (bicyclic) bond motifs is 1. The first-order valence-corrected chi connectivity index (χ1v) is 7.05. The predicted molar refractivity (Wildman–Crippen MR) is 81.5 cm³/mol. The summed E-state index contributed by atoms with van der Waals surface area (Å²) in [4.78, 5) is 14.9. The van der Waals surface area contributed by atoms with Crippen LogP contribution in [0.2, 0.25) is 0 Å². The van der Waals surface area contributed by atoms with E-state index in [2.05, 4.69) is 25.8 Å². The lowest BCUT2D eigenvalue weighted by Crippen LogP contribution is -2.38. The third-order valence-corrected chi connectivity index (χ3v) is 3.69. The van der Waals surface area contributed by atoms with E-state index in [4.69, 9.17) is 18.0 Å². The molecule has 0 unspecified atom stereocenters. The SMILES string of the molecule is CC(C)Cn1c2c(cc(C(N)=S)c1=O)CN(C)CC2. The van der Waals surface area contributed by atoms with Crippen LogP contribution in [0.4, 0.5) is 0 Å². The van der Waals surface area contributed by atoms with Crippen LogP contribution in [0.3, 0.4) is 0 Å². The van der Waals surface area contributed by atoms with E-state index in [9.17, 15) is 4.79 Å². The molecule has 0 amide bonds. The Morgan fingerprint density at radius 2 is 2.21 bits per heavy atom. The Morgan fingerprint density at radius 1 is 1.53 bits per heavy atom. The fourth-order valence-corrected chi connectivity index (χ4v) is 2.74. The molecule has 0 bridgehead atoms. The molecular weight excluding hydrogens is 258 g/mol. The molecule has 0 fully saturated rings. The van der Waals surface area contributed by atoms with Crippen LogP contribution in [0.25, 0.3) is 0 Å². The molecule has 0 saturated carbocycles. The standard InChI is InChI=1S/C14H21N3OS/c1-9(2)7-17-12-4-5-16(3)8-10(12)6-11(13(15)19)14(17)18/h6,9H,4-5,7-8H2,1-3H3,(H2,15,19). The van der Waals surface area contributed by atoms with Gasteiger partial charge in [0.05, 0.1) is 5.56 Å². The van der Waals surface area contributed by atoms with Crippen LogP contribution in [0, 0.1) is 5.92 Å². The van der Waals surface area contributed by atoms with Gasteiger partial charge in [-0.3, -0.25) is 4.79 Å². The zero-order valence-electron chi connectivity index (χ0n) is 11.8. The molecule has 1 aliphatic heterocycles. The quantitative estimate of drug-likeness (QED) is 0.843. The Labute approximate surface area is 119 Å². The highest BCUT2D eigenvalue weighted by molar-refractivity contribution is 7.80. The van der Waals surface area contributed by atoms with E-state index < -0.39 is 0 Å². The van der Waals surface area contributed by atoms with E-state index >= 15 is 0 Å². The molecule has 0 aliphatic carbocycles. The molecule has 2 heterocycles.